The van der Waals surface area contributed by atoms with Gasteiger partial charge in [0.2, 0.25) is 5.91 Å². The maximum atomic E-state index is 12.9. The maximum Gasteiger partial charge on any atom is 0.286 e. The van der Waals surface area contributed by atoms with Gasteiger partial charge in [-0.05, 0) is 124 Å². The van der Waals surface area contributed by atoms with Crippen LogP contribution in [0.3, 0.4) is 0 Å². The van der Waals surface area contributed by atoms with Crippen LogP contribution in [0.2, 0.25) is 0 Å². The fourth-order valence-corrected chi connectivity index (χ4v) is 13.7. The topological polar surface area (TPSA) is 90.3 Å². The van der Waals surface area contributed by atoms with Gasteiger partial charge >= 0.3 is 0 Å². The molecular weight excluding hydrogens is 874 g/mol. The van der Waals surface area contributed by atoms with Gasteiger partial charge in [0.05, 0.1) is 51.5 Å². The first-order valence-corrected chi connectivity index (χ1v) is 27.1. The molecule has 0 radical (unpaired) electrons. The van der Waals surface area contributed by atoms with Gasteiger partial charge in [-0.25, -0.2) is 13.8 Å². The first-order valence-electron chi connectivity index (χ1n) is 25.1. The zero-order chi connectivity index (χ0) is 47.4. The molecule has 4 heterocycles. The van der Waals surface area contributed by atoms with Crippen molar-refractivity contribution in [3.05, 3.63) is 71.0 Å². The average Bonchev–Trinajstić information content (AvgIpc) is 3.74. The first-order chi connectivity index (χ1) is 32.3. The number of nitriles is 1. The summed E-state index contributed by atoms with van der Waals surface area (Å²) in [5.74, 6) is 2.48. The molecule has 0 N–H and O–H groups in total. The van der Waals surface area contributed by atoms with Crippen molar-refractivity contribution < 1.29 is 23.1 Å². The van der Waals surface area contributed by atoms with Gasteiger partial charge in [0.1, 0.15) is 5.75 Å². The van der Waals surface area contributed by atoms with E-state index in [0.29, 0.717) is 37.9 Å². The number of rotatable bonds is 21. The summed E-state index contributed by atoms with van der Waals surface area (Å²) in [7, 11) is 2.33. The first kappa shape index (κ1) is 49.5. The number of amides is 1. The van der Waals surface area contributed by atoms with E-state index in [4.69, 9.17) is 19.0 Å². The van der Waals surface area contributed by atoms with Gasteiger partial charge in [0, 0.05) is 85.9 Å². The predicted octanol–water partition coefficient (Wildman–Crippen LogP) is 10.9. The lowest BCUT2D eigenvalue weighted by atomic mass is 9.82. The molecule has 2 atom stereocenters. The molecule has 1 saturated heterocycles. The molecule has 1 aliphatic carbocycles. The summed E-state index contributed by atoms with van der Waals surface area (Å²) in [4.78, 5) is 21.3. The number of methoxy groups -OCH3 is 1. The molecule has 2 unspecified atom stereocenters. The number of nitrogens with zero attached hydrogens (tertiary/aromatic N) is 7. The zero-order valence-corrected chi connectivity index (χ0v) is 43.5. The van der Waals surface area contributed by atoms with E-state index < -0.39 is 8.53 Å². The van der Waals surface area contributed by atoms with Gasteiger partial charge in [0.25, 0.3) is 14.4 Å². The molecular formula is C54H75N7O4PS+. The largest absolute Gasteiger partial charge is 0.497 e. The smallest absolute Gasteiger partial charge is 0.286 e. The number of hydrogen-bond donors (Lipinski definition) is 0. The number of aryl methyl sites for hydroxylation is 2. The van der Waals surface area contributed by atoms with E-state index in [1.807, 2.05) is 7.05 Å². The molecule has 11 nitrogen and oxygen atoms in total. The van der Waals surface area contributed by atoms with Crippen LogP contribution in [0.15, 0.2) is 53.4 Å². The van der Waals surface area contributed by atoms with Crippen LogP contribution in [0.25, 0.3) is 33.8 Å². The van der Waals surface area contributed by atoms with Crippen LogP contribution < -0.4 is 14.2 Å². The van der Waals surface area contributed by atoms with Crippen molar-refractivity contribution in [3.8, 4) is 22.9 Å². The minimum Gasteiger partial charge on any atom is -0.497 e. The highest BCUT2D eigenvalue weighted by Gasteiger charge is 2.42. The van der Waals surface area contributed by atoms with Gasteiger partial charge in [-0.15, -0.1) is 11.8 Å². The standard InChI is InChI=1S/C54H75N7O4PS/c1-10-23-59-48-36-44-43-20-19-42(63-9)35-46(43)54(6,7)47(44)37-49(48)60-25-21-50-45(53(59)60)33-40-17-18-41(34-51(40)67-50)58-28-26-57(27-29-58)24-14-12-11-13-16-52(62)56(8)30-32-65-66(64-31-15-22-55)61(38(2)3)39(4)5/h17-20,33-39,50H,10-16,21,23-32H2,1-9H3/q+1. The summed E-state index contributed by atoms with van der Waals surface area (Å²) in [5, 5.41) is 9.42. The van der Waals surface area contributed by atoms with Crippen molar-refractivity contribution in [2.24, 2.45) is 0 Å². The van der Waals surface area contributed by atoms with E-state index in [2.05, 4.69) is 145 Å². The number of ether oxygens (including phenoxy) is 1. The lowest BCUT2D eigenvalue weighted by Crippen LogP contribution is -2.46. The molecule has 8 rings (SSSR count). The van der Waals surface area contributed by atoms with Gasteiger partial charge in [0.15, 0.2) is 11.0 Å². The molecule has 3 aliphatic heterocycles. The van der Waals surface area contributed by atoms with Gasteiger partial charge < -0.3 is 23.6 Å². The monoisotopic (exact) mass is 949 g/mol. The van der Waals surface area contributed by atoms with Crippen LogP contribution in [0.4, 0.5) is 5.69 Å². The second-order valence-corrected chi connectivity index (χ2v) is 22.7. The second-order valence-electron chi connectivity index (χ2n) is 20.0. The fourth-order valence-electron chi connectivity index (χ4n) is 10.8. The Morgan fingerprint density at radius 2 is 1.69 bits per heavy atom. The Hall–Kier alpha value is -3.95. The van der Waals surface area contributed by atoms with E-state index in [1.54, 1.807) is 12.0 Å². The fraction of sp³-hybridized carbons (Fsp3) is 0.574. The number of anilines is 1. The predicted molar refractivity (Wildman–Crippen MR) is 276 cm³/mol. The van der Waals surface area contributed by atoms with E-state index in [9.17, 15) is 4.79 Å². The number of hydrogen-bond acceptors (Lipinski definition) is 9. The summed E-state index contributed by atoms with van der Waals surface area (Å²) in [5.41, 5.74) is 12.2. The van der Waals surface area contributed by atoms with Gasteiger partial charge in [-0.1, -0.05) is 45.7 Å². The minimum absolute atomic E-state index is 0.0956. The number of aromatic nitrogens is 2. The molecule has 13 heteroatoms. The summed E-state index contributed by atoms with van der Waals surface area (Å²) in [6, 6.07) is 21.4. The Morgan fingerprint density at radius 3 is 2.42 bits per heavy atom. The van der Waals surface area contributed by atoms with E-state index in [-0.39, 0.29) is 23.4 Å². The maximum absolute atomic E-state index is 12.9. The van der Waals surface area contributed by atoms with Crippen molar-refractivity contribution in [1.82, 2.24) is 19.0 Å². The Kier molecular flexibility index (Phi) is 16.1. The van der Waals surface area contributed by atoms with Crippen LogP contribution in [-0.2, 0) is 32.3 Å². The third kappa shape index (κ3) is 10.5. The normalized spacial score (nSPS) is 17.8. The number of fused-ring (bicyclic) bond motifs is 9. The highest BCUT2D eigenvalue weighted by Crippen LogP contribution is 2.52. The summed E-state index contributed by atoms with van der Waals surface area (Å²) in [6.45, 7) is 24.3. The quantitative estimate of drug-likeness (QED) is 0.0460. The van der Waals surface area contributed by atoms with Crippen LogP contribution in [0, 0.1) is 11.3 Å². The molecule has 0 spiro atoms. The highest BCUT2D eigenvalue weighted by molar-refractivity contribution is 8.00. The van der Waals surface area contributed by atoms with Crippen molar-refractivity contribution in [1.29, 1.82) is 5.26 Å². The van der Waals surface area contributed by atoms with E-state index >= 15 is 0 Å². The summed E-state index contributed by atoms with van der Waals surface area (Å²) >= 11 is 2.08. The van der Waals surface area contributed by atoms with Crippen LogP contribution in [0.5, 0.6) is 5.75 Å². The number of imidazole rings is 1. The van der Waals surface area contributed by atoms with Crippen molar-refractivity contribution >= 4 is 54.6 Å². The molecule has 0 saturated carbocycles. The average molecular weight is 949 g/mol. The van der Waals surface area contributed by atoms with Crippen molar-refractivity contribution in [3.63, 3.8) is 0 Å². The molecule has 1 aromatic heterocycles. The number of carbonyl (C=O) groups is 1. The molecule has 0 bridgehead atoms. The van der Waals surface area contributed by atoms with E-state index in [1.165, 1.54) is 67.3 Å². The molecule has 3 aromatic carbocycles. The second kappa shape index (κ2) is 21.8. The molecule has 67 heavy (non-hydrogen) atoms. The van der Waals surface area contributed by atoms with E-state index in [0.717, 1.165) is 83.7 Å². The number of likely N-dealkylation sites (N-methyl/N-ethyl adjacent to an activating group) is 1. The Labute approximate surface area is 406 Å². The van der Waals surface area contributed by atoms with Crippen molar-refractivity contribution in [2.45, 2.75) is 141 Å². The molecule has 4 aliphatic rings. The lowest BCUT2D eigenvalue weighted by Gasteiger charge is -2.36. The molecule has 1 fully saturated rings. The zero-order valence-electron chi connectivity index (χ0n) is 41.8. The summed E-state index contributed by atoms with van der Waals surface area (Å²) < 4.78 is 25.3. The third-order valence-corrected chi connectivity index (χ3v) is 17.9. The Morgan fingerprint density at radius 1 is 0.940 bits per heavy atom. The summed E-state index contributed by atoms with van der Waals surface area (Å²) in [6.07, 6.45) is 9.93. The lowest BCUT2D eigenvalue weighted by molar-refractivity contribution is -0.677. The SMILES string of the molecule is CCCn1c2[n+](c3cc4c(cc31)-c1ccc(OC)cc1C4(C)C)CCC1Sc3cc(N4CCN(CCCCCCC(=O)N(C)CCOP(OCCC#N)N(C(C)C)C(C)C)CC4)ccc3C=C21. The number of unbranched alkanes of at least 4 members (excludes halogenated alkanes) is 3. The molecule has 4 aromatic rings. The Bertz CT molecular complexity index is 2460. The van der Waals surface area contributed by atoms with Crippen LogP contribution in [-0.4, -0.2) is 109 Å². The number of carbonyl (C=O) groups excluding carboxylic acids is 1. The Balaban J connectivity index is 0.815. The number of benzene rings is 3. The molecule has 1 amide bonds. The minimum atomic E-state index is -1.29. The number of thioether (sulfide) groups is 1. The highest BCUT2D eigenvalue weighted by atomic mass is 32.2. The van der Waals surface area contributed by atoms with Gasteiger partial charge in [-0.2, -0.15) is 5.26 Å². The van der Waals surface area contributed by atoms with Crippen LogP contribution >= 0.6 is 20.3 Å². The third-order valence-electron chi connectivity index (χ3n) is 14.4. The van der Waals surface area contributed by atoms with Crippen LogP contribution in [0.1, 0.15) is 122 Å². The van der Waals surface area contributed by atoms with Gasteiger partial charge in [-0.3, -0.25) is 9.69 Å². The number of piperazine rings is 1. The van der Waals surface area contributed by atoms with Crippen molar-refractivity contribution in [2.75, 3.05) is 71.5 Å². The molecule has 360 valence electrons.